The second-order valence-corrected chi connectivity index (χ2v) is 4.13. The number of aryl methyl sites for hydroxylation is 1. The summed E-state index contributed by atoms with van der Waals surface area (Å²) in [5, 5.41) is 9.60. The lowest BCUT2D eigenvalue weighted by molar-refractivity contribution is 0.0490. The number of rotatable bonds is 4. The molecular weight excluding hydrogens is 258 g/mol. The van der Waals surface area contributed by atoms with Crippen LogP contribution in [0.1, 0.15) is 28.7 Å². The summed E-state index contributed by atoms with van der Waals surface area (Å²) >= 11 is 0. The van der Waals surface area contributed by atoms with Crippen LogP contribution in [0.3, 0.4) is 0 Å². The zero-order chi connectivity index (χ0) is 14.7. The number of ether oxygens (including phenoxy) is 1. The standard InChI is InChI=1S/C15H15NO4/c1-4-10-8-11(6-7-12(10)17)14-16-9(3)13(20-14)15(18)19-5-2/h4,6-8,17H,1,5H2,2-3H3. The average Bonchev–Trinajstić information content (AvgIpc) is 2.82. The van der Waals surface area contributed by atoms with Crippen LogP contribution in [0, 0.1) is 6.92 Å². The van der Waals surface area contributed by atoms with Crippen molar-refractivity contribution in [1.82, 2.24) is 4.98 Å². The van der Waals surface area contributed by atoms with Gasteiger partial charge in [-0.25, -0.2) is 9.78 Å². The van der Waals surface area contributed by atoms with E-state index in [0.717, 1.165) is 0 Å². The molecule has 0 radical (unpaired) electrons. The third-order valence-electron chi connectivity index (χ3n) is 2.75. The molecule has 20 heavy (non-hydrogen) atoms. The summed E-state index contributed by atoms with van der Waals surface area (Å²) in [6.07, 6.45) is 1.53. The van der Waals surface area contributed by atoms with E-state index in [1.807, 2.05) is 0 Å². The van der Waals surface area contributed by atoms with E-state index in [4.69, 9.17) is 9.15 Å². The maximum absolute atomic E-state index is 11.7. The molecule has 1 aromatic heterocycles. The van der Waals surface area contributed by atoms with Crippen molar-refractivity contribution >= 4 is 12.0 Å². The number of esters is 1. The van der Waals surface area contributed by atoms with E-state index >= 15 is 0 Å². The lowest BCUT2D eigenvalue weighted by Gasteiger charge is -2.01. The Hall–Kier alpha value is -2.56. The van der Waals surface area contributed by atoms with Crippen LogP contribution in [0.4, 0.5) is 0 Å². The Kier molecular flexibility index (Phi) is 3.89. The number of phenols is 1. The molecule has 0 aliphatic heterocycles. The van der Waals surface area contributed by atoms with Gasteiger partial charge in [-0.3, -0.25) is 0 Å². The van der Waals surface area contributed by atoms with Crippen LogP contribution in [-0.2, 0) is 4.74 Å². The first-order chi connectivity index (χ1) is 9.56. The van der Waals surface area contributed by atoms with Crippen molar-refractivity contribution in [1.29, 1.82) is 0 Å². The largest absolute Gasteiger partial charge is 0.507 e. The molecule has 5 heteroatoms. The number of carbonyl (C=O) groups excluding carboxylic acids is 1. The van der Waals surface area contributed by atoms with Crippen LogP contribution < -0.4 is 0 Å². The van der Waals surface area contributed by atoms with Gasteiger partial charge < -0.3 is 14.3 Å². The van der Waals surface area contributed by atoms with E-state index in [1.165, 1.54) is 12.1 Å². The quantitative estimate of drug-likeness (QED) is 0.866. The number of hydrogen-bond acceptors (Lipinski definition) is 5. The molecule has 5 nitrogen and oxygen atoms in total. The second kappa shape index (κ2) is 5.61. The third-order valence-corrected chi connectivity index (χ3v) is 2.75. The Morgan fingerprint density at radius 3 is 2.95 bits per heavy atom. The summed E-state index contributed by atoms with van der Waals surface area (Å²) < 4.78 is 10.3. The van der Waals surface area contributed by atoms with Crippen molar-refractivity contribution in [2.24, 2.45) is 0 Å². The molecule has 0 saturated carbocycles. The van der Waals surface area contributed by atoms with Crippen LogP contribution in [0.5, 0.6) is 5.75 Å². The molecular formula is C15H15NO4. The number of oxazole rings is 1. The van der Waals surface area contributed by atoms with Crippen LogP contribution in [0.15, 0.2) is 29.2 Å². The molecule has 2 aromatic rings. The first-order valence-electron chi connectivity index (χ1n) is 6.17. The maximum Gasteiger partial charge on any atom is 0.376 e. The maximum atomic E-state index is 11.7. The van der Waals surface area contributed by atoms with Gasteiger partial charge in [-0.1, -0.05) is 12.7 Å². The van der Waals surface area contributed by atoms with Crippen LogP contribution in [-0.4, -0.2) is 22.7 Å². The Morgan fingerprint density at radius 1 is 1.55 bits per heavy atom. The van der Waals surface area contributed by atoms with Gasteiger partial charge >= 0.3 is 5.97 Å². The first-order valence-corrected chi connectivity index (χ1v) is 6.17. The van der Waals surface area contributed by atoms with E-state index in [2.05, 4.69) is 11.6 Å². The van der Waals surface area contributed by atoms with Gasteiger partial charge in [-0.15, -0.1) is 0 Å². The molecule has 0 bridgehead atoms. The molecule has 1 aromatic carbocycles. The summed E-state index contributed by atoms with van der Waals surface area (Å²) in [6.45, 7) is 7.29. The zero-order valence-corrected chi connectivity index (χ0v) is 11.3. The van der Waals surface area contributed by atoms with Gasteiger partial charge in [0.1, 0.15) is 5.75 Å². The van der Waals surface area contributed by atoms with Gasteiger partial charge in [0.05, 0.1) is 12.3 Å². The molecule has 0 saturated heterocycles. The fraction of sp³-hybridized carbons (Fsp3) is 0.200. The van der Waals surface area contributed by atoms with Gasteiger partial charge in [-0.05, 0) is 32.0 Å². The smallest absolute Gasteiger partial charge is 0.376 e. The summed E-state index contributed by atoms with van der Waals surface area (Å²) in [7, 11) is 0. The molecule has 104 valence electrons. The normalized spacial score (nSPS) is 10.3. The van der Waals surface area contributed by atoms with E-state index in [1.54, 1.807) is 26.0 Å². The lowest BCUT2D eigenvalue weighted by Crippen LogP contribution is -2.04. The monoisotopic (exact) mass is 273 g/mol. The predicted octanol–water partition coefficient (Wildman–Crippen LogP) is 3.18. The molecule has 0 aliphatic carbocycles. The first kappa shape index (κ1) is 13.9. The van der Waals surface area contributed by atoms with Crippen LogP contribution in [0.2, 0.25) is 0 Å². The number of nitrogens with zero attached hydrogens (tertiary/aromatic N) is 1. The fourth-order valence-electron chi connectivity index (χ4n) is 1.76. The van der Waals surface area contributed by atoms with Crippen molar-refractivity contribution in [3.63, 3.8) is 0 Å². The highest BCUT2D eigenvalue weighted by Gasteiger charge is 2.19. The molecule has 0 atom stereocenters. The molecule has 0 fully saturated rings. The number of aromatic nitrogens is 1. The highest BCUT2D eigenvalue weighted by molar-refractivity contribution is 5.88. The summed E-state index contributed by atoms with van der Waals surface area (Å²) in [5.41, 5.74) is 1.68. The van der Waals surface area contributed by atoms with Crippen LogP contribution >= 0.6 is 0 Å². The Morgan fingerprint density at radius 2 is 2.30 bits per heavy atom. The highest BCUT2D eigenvalue weighted by atomic mass is 16.5. The average molecular weight is 273 g/mol. The number of aromatic hydroxyl groups is 1. The van der Waals surface area contributed by atoms with Crippen molar-refractivity contribution in [2.45, 2.75) is 13.8 Å². The van der Waals surface area contributed by atoms with Gasteiger partial charge in [0.15, 0.2) is 0 Å². The number of phenolic OH excluding ortho intramolecular Hbond substituents is 1. The Labute approximate surface area is 116 Å². The summed E-state index contributed by atoms with van der Waals surface area (Å²) in [4.78, 5) is 15.9. The minimum atomic E-state index is -0.536. The Bertz CT molecular complexity index is 658. The number of benzene rings is 1. The van der Waals surface area contributed by atoms with Crippen LogP contribution in [0.25, 0.3) is 17.5 Å². The molecule has 2 rings (SSSR count). The lowest BCUT2D eigenvalue weighted by atomic mass is 10.1. The number of hydrogen-bond donors (Lipinski definition) is 1. The molecule has 1 heterocycles. The zero-order valence-electron chi connectivity index (χ0n) is 11.3. The second-order valence-electron chi connectivity index (χ2n) is 4.13. The van der Waals surface area contributed by atoms with Gasteiger partial charge in [0, 0.05) is 11.1 Å². The molecule has 1 N–H and O–H groups in total. The minimum absolute atomic E-state index is 0.0927. The third kappa shape index (κ3) is 2.56. The van der Waals surface area contributed by atoms with Gasteiger partial charge in [-0.2, -0.15) is 0 Å². The van der Waals surface area contributed by atoms with Crippen molar-refractivity contribution in [3.05, 3.63) is 41.8 Å². The Balaban J connectivity index is 2.41. The van der Waals surface area contributed by atoms with Crippen molar-refractivity contribution < 1.29 is 19.1 Å². The van der Waals surface area contributed by atoms with Crippen molar-refractivity contribution in [2.75, 3.05) is 6.61 Å². The SMILES string of the molecule is C=Cc1cc(-c2nc(C)c(C(=O)OCC)o2)ccc1O. The highest BCUT2D eigenvalue weighted by Crippen LogP contribution is 2.27. The number of carbonyl (C=O) groups is 1. The summed E-state index contributed by atoms with van der Waals surface area (Å²) in [5.74, 6) is -0.0205. The van der Waals surface area contributed by atoms with E-state index in [9.17, 15) is 9.90 Å². The van der Waals surface area contributed by atoms with Gasteiger partial charge in [0.25, 0.3) is 0 Å². The van der Waals surface area contributed by atoms with Gasteiger partial charge in [0.2, 0.25) is 11.7 Å². The fourth-order valence-corrected chi connectivity index (χ4v) is 1.76. The van der Waals surface area contributed by atoms with E-state index < -0.39 is 5.97 Å². The molecule has 0 aliphatic rings. The topological polar surface area (TPSA) is 72.6 Å². The summed E-state index contributed by atoms with van der Waals surface area (Å²) in [6, 6.07) is 4.86. The molecule has 0 unspecified atom stereocenters. The predicted molar refractivity (Wildman–Crippen MR) is 74.4 cm³/mol. The van der Waals surface area contributed by atoms with E-state index in [0.29, 0.717) is 22.7 Å². The molecule has 0 amide bonds. The minimum Gasteiger partial charge on any atom is -0.507 e. The molecule has 0 spiro atoms. The van der Waals surface area contributed by atoms with Crippen molar-refractivity contribution in [3.8, 4) is 17.2 Å². The van der Waals surface area contributed by atoms with E-state index in [-0.39, 0.29) is 18.1 Å².